The molecule has 7 nitrogen and oxygen atoms in total. The monoisotopic (exact) mass is 469 g/mol. The van der Waals surface area contributed by atoms with E-state index >= 15 is 0 Å². The van der Waals surface area contributed by atoms with Crippen LogP contribution in [0.3, 0.4) is 0 Å². The lowest BCUT2D eigenvalue weighted by molar-refractivity contribution is 0.0695. The zero-order chi connectivity index (χ0) is 24.6. The molecule has 4 rings (SSSR count). The molecule has 3 aromatic rings. The molecular weight excluding hydrogens is 444 g/mol. The Bertz CT molecular complexity index is 1250. The van der Waals surface area contributed by atoms with Crippen LogP contribution in [-0.2, 0) is 7.05 Å². The van der Waals surface area contributed by atoms with Gasteiger partial charge in [0, 0.05) is 7.05 Å². The number of rotatable bonds is 8. The zero-order valence-electron chi connectivity index (χ0n) is 19.0. The molecule has 178 valence electrons. The van der Waals surface area contributed by atoms with Crippen LogP contribution in [0.15, 0.2) is 42.5 Å². The Morgan fingerprint density at radius 2 is 1.94 bits per heavy atom. The van der Waals surface area contributed by atoms with E-state index in [-0.39, 0.29) is 17.0 Å². The number of benzene rings is 2. The van der Waals surface area contributed by atoms with E-state index in [0.29, 0.717) is 22.8 Å². The van der Waals surface area contributed by atoms with Crippen LogP contribution < -0.4 is 10.1 Å². The van der Waals surface area contributed by atoms with Gasteiger partial charge in [-0.1, -0.05) is 24.3 Å². The van der Waals surface area contributed by atoms with Crippen LogP contribution >= 0.6 is 0 Å². The number of hydrogen-bond acceptors (Lipinski definition) is 4. The van der Waals surface area contributed by atoms with Crippen molar-refractivity contribution in [2.75, 3.05) is 0 Å². The number of aromatic nitrogens is 2. The molecule has 1 aliphatic rings. The molecule has 2 aromatic carbocycles. The number of carboxylic acid groups (broad SMARTS) is 1. The summed E-state index contributed by atoms with van der Waals surface area (Å²) in [6.45, 7) is 3.34. The van der Waals surface area contributed by atoms with Crippen LogP contribution in [0.2, 0.25) is 0 Å². The number of aryl methyl sites for hydroxylation is 2. The molecule has 1 atom stereocenters. The molecule has 34 heavy (non-hydrogen) atoms. The Balaban J connectivity index is 1.62. The van der Waals surface area contributed by atoms with Gasteiger partial charge < -0.3 is 15.2 Å². The number of nitrogens with zero attached hydrogens (tertiary/aromatic N) is 2. The maximum Gasteiger partial charge on any atom is 0.335 e. The molecule has 0 radical (unpaired) electrons. The summed E-state index contributed by atoms with van der Waals surface area (Å²) in [6, 6.07) is 11.5. The number of ether oxygens (including phenoxy) is 1. The number of aromatic carboxylic acids is 1. The van der Waals surface area contributed by atoms with E-state index in [1.807, 2.05) is 18.2 Å². The predicted octanol–water partition coefficient (Wildman–Crippen LogP) is 5.53. The molecule has 1 unspecified atom stereocenters. The SMILES string of the molecule is Cc1cc(C(C)NC(=O)c2c(C(F)F)nn(C)c2Oc2cccc(C3CC3)c2)ccc1C(=O)O. The summed E-state index contributed by atoms with van der Waals surface area (Å²) in [7, 11) is 1.44. The van der Waals surface area contributed by atoms with Crippen LogP contribution in [0.4, 0.5) is 8.78 Å². The molecule has 1 saturated carbocycles. The number of halogens is 2. The Labute approximate surface area is 195 Å². The minimum Gasteiger partial charge on any atom is -0.478 e. The van der Waals surface area contributed by atoms with Gasteiger partial charge in [0.05, 0.1) is 11.6 Å². The quantitative estimate of drug-likeness (QED) is 0.453. The molecule has 9 heteroatoms. The van der Waals surface area contributed by atoms with Crippen molar-refractivity contribution in [3.63, 3.8) is 0 Å². The summed E-state index contributed by atoms with van der Waals surface area (Å²) < 4.78 is 34.6. The topological polar surface area (TPSA) is 93.5 Å². The number of alkyl halides is 2. The first-order valence-corrected chi connectivity index (χ1v) is 10.9. The summed E-state index contributed by atoms with van der Waals surface area (Å²) in [4.78, 5) is 24.4. The van der Waals surface area contributed by atoms with E-state index in [1.165, 1.54) is 13.1 Å². The summed E-state index contributed by atoms with van der Waals surface area (Å²) in [6.07, 6.45) is -0.777. The summed E-state index contributed by atoms with van der Waals surface area (Å²) >= 11 is 0. The van der Waals surface area contributed by atoms with E-state index in [2.05, 4.69) is 10.4 Å². The lowest BCUT2D eigenvalue weighted by atomic mass is 10.0. The largest absolute Gasteiger partial charge is 0.478 e. The van der Waals surface area contributed by atoms with Crippen LogP contribution in [0.5, 0.6) is 11.6 Å². The fraction of sp³-hybridized carbons (Fsp3) is 0.320. The first-order chi connectivity index (χ1) is 16.2. The van der Waals surface area contributed by atoms with Crippen molar-refractivity contribution in [3.05, 3.63) is 76.0 Å². The van der Waals surface area contributed by atoms with Gasteiger partial charge in [-0.3, -0.25) is 4.79 Å². The number of carbonyl (C=O) groups is 2. The normalized spacial score (nSPS) is 14.2. The average molecular weight is 469 g/mol. The molecule has 1 aliphatic carbocycles. The molecule has 0 bridgehead atoms. The molecular formula is C25H25F2N3O4. The van der Waals surface area contributed by atoms with Crippen molar-refractivity contribution >= 4 is 11.9 Å². The highest BCUT2D eigenvalue weighted by atomic mass is 19.3. The minimum absolute atomic E-state index is 0.0784. The van der Waals surface area contributed by atoms with Crippen molar-refractivity contribution in [2.24, 2.45) is 7.05 Å². The lowest BCUT2D eigenvalue weighted by Crippen LogP contribution is -2.27. The number of nitrogens with one attached hydrogen (secondary N) is 1. The van der Waals surface area contributed by atoms with E-state index in [1.54, 1.807) is 32.0 Å². The molecule has 1 heterocycles. The minimum atomic E-state index is -2.98. The smallest absolute Gasteiger partial charge is 0.335 e. The van der Waals surface area contributed by atoms with Crippen molar-refractivity contribution in [2.45, 2.75) is 45.1 Å². The van der Waals surface area contributed by atoms with Crippen LogP contribution in [-0.4, -0.2) is 26.8 Å². The molecule has 2 N–H and O–H groups in total. The second-order valence-corrected chi connectivity index (χ2v) is 8.51. The van der Waals surface area contributed by atoms with E-state index in [0.717, 1.165) is 23.1 Å². The molecule has 1 amide bonds. The van der Waals surface area contributed by atoms with Crippen molar-refractivity contribution < 1.29 is 28.2 Å². The highest BCUT2D eigenvalue weighted by Crippen LogP contribution is 2.41. The van der Waals surface area contributed by atoms with Crippen LogP contribution in [0.25, 0.3) is 0 Å². The number of amides is 1. The van der Waals surface area contributed by atoms with Gasteiger partial charge in [0.1, 0.15) is 17.0 Å². The van der Waals surface area contributed by atoms with Crippen molar-refractivity contribution in [1.29, 1.82) is 0 Å². The molecule has 0 aliphatic heterocycles. The first-order valence-electron chi connectivity index (χ1n) is 10.9. The Morgan fingerprint density at radius 1 is 1.21 bits per heavy atom. The van der Waals surface area contributed by atoms with Gasteiger partial charge in [0.2, 0.25) is 5.88 Å². The predicted molar refractivity (Wildman–Crippen MR) is 121 cm³/mol. The maximum absolute atomic E-state index is 13.8. The third-order valence-corrected chi connectivity index (χ3v) is 5.91. The van der Waals surface area contributed by atoms with Crippen molar-refractivity contribution in [1.82, 2.24) is 15.1 Å². The highest BCUT2D eigenvalue weighted by Gasteiger charge is 2.31. The number of hydrogen-bond donors (Lipinski definition) is 2. The van der Waals surface area contributed by atoms with Gasteiger partial charge >= 0.3 is 5.97 Å². The third kappa shape index (κ3) is 4.78. The summed E-state index contributed by atoms with van der Waals surface area (Å²) in [5, 5.41) is 15.8. The standard InChI is InChI=1S/C25H25F2N3O4/c1-13-11-16(9-10-19(13)25(32)33)14(2)28-23(31)20-21(22(26)27)29-30(3)24(20)34-18-6-4-5-17(12-18)15-7-8-15/h4-6,9-12,14-15,22H,7-8H2,1-3H3,(H,28,31)(H,32,33). The fourth-order valence-electron chi connectivity index (χ4n) is 3.92. The van der Waals surface area contributed by atoms with E-state index < -0.39 is 30.0 Å². The van der Waals surface area contributed by atoms with E-state index in [4.69, 9.17) is 4.74 Å². The van der Waals surface area contributed by atoms with Crippen molar-refractivity contribution in [3.8, 4) is 11.6 Å². The van der Waals surface area contributed by atoms with Gasteiger partial charge in [-0.05, 0) is 67.5 Å². The zero-order valence-corrected chi connectivity index (χ0v) is 19.0. The maximum atomic E-state index is 13.8. The second kappa shape index (κ2) is 9.24. The van der Waals surface area contributed by atoms with Crippen LogP contribution in [0.1, 0.15) is 81.3 Å². The van der Waals surface area contributed by atoms with Gasteiger partial charge in [0.25, 0.3) is 12.3 Å². The fourth-order valence-corrected chi connectivity index (χ4v) is 3.92. The molecule has 0 spiro atoms. The highest BCUT2D eigenvalue weighted by molar-refractivity contribution is 5.98. The molecule has 1 aromatic heterocycles. The average Bonchev–Trinajstić information content (AvgIpc) is 3.58. The second-order valence-electron chi connectivity index (χ2n) is 8.51. The lowest BCUT2D eigenvalue weighted by Gasteiger charge is -2.17. The summed E-state index contributed by atoms with van der Waals surface area (Å²) in [5.74, 6) is -0.971. The first kappa shape index (κ1) is 23.4. The summed E-state index contributed by atoms with van der Waals surface area (Å²) in [5.41, 5.74) is 1.42. The van der Waals surface area contributed by atoms with E-state index in [9.17, 15) is 23.5 Å². The molecule has 0 saturated heterocycles. The van der Waals surface area contributed by atoms with Crippen LogP contribution in [0, 0.1) is 6.92 Å². The van der Waals surface area contributed by atoms with Gasteiger partial charge in [-0.25, -0.2) is 18.3 Å². The Hall–Kier alpha value is -3.75. The van der Waals surface area contributed by atoms with Gasteiger partial charge in [-0.15, -0.1) is 0 Å². The van der Waals surface area contributed by atoms with Gasteiger partial charge in [0.15, 0.2) is 0 Å². The molecule has 1 fully saturated rings. The number of carbonyl (C=O) groups excluding carboxylic acids is 1. The third-order valence-electron chi connectivity index (χ3n) is 5.91. The number of carboxylic acids is 1. The van der Waals surface area contributed by atoms with Gasteiger partial charge in [-0.2, -0.15) is 5.10 Å². The Kier molecular flexibility index (Phi) is 6.37. The Morgan fingerprint density at radius 3 is 2.56 bits per heavy atom.